The van der Waals surface area contributed by atoms with Crippen molar-refractivity contribution in [2.75, 3.05) is 18.2 Å². The van der Waals surface area contributed by atoms with Crippen LogP contribution < -0.4 is 15.6 Å². The SMILES string of the molecule is CCSc1nc(=O)c2c(n1C)NC(=O)C[C@H]2c1ccc(OC)cc1. The molecule has 126 valence electrons. The number of carbonyl (C=O) groups excluding carboxylic acids is 1. The highest BCUT2D eigenvalue weighted by Gasteiger charge is 2.32. The second-order valence-electron chi connectivity index (χ2n) is 5.53. The van der Waals surface area contributed by atoms with Crippen molar-refractivity contribution in [1.29, 1.82) is 0 Å². The van der Waals surface area contributed by atoms with Gasteiger partial charge in [0.05, 0.1) is 12.7 Å². The first kappa shape index (κ1) is 16.6. The molecular formula is C17H19N3O3S. The quantitative estimate of drug-likeness (QED) is 0.680. The minimum absolute atomic E-state index is 0.100. The van der Waals surface area contributed by atoms with Crippen molar-refractivity contribution in [3.8, 4) is 5.75 Å². The van der Waals surface area contributed by atoms with Crippen LogP contribution in [-0.2, 0) is 11.8 Å². The lowest BCUT2D eigenvalue weighted by Crippen LogP contribution is -2.33. The summed E-state index contributed by atoms with van der Waals surface area (Å²) in [6.45, 7) is 2.00. The van der Waals surface area contributed by atoms with Crippen LogP contribution >= 0.6 is 11.8 Å². The molecule has 1 atom stereocenters. The lowest BCUT2D eigenvalue weighted by Gasteiger charge is -2.27. The summed E-state index contributed by atoms with van der Waals surface area (Å²) in [5.41, 5.74) is 1.17. The smallest absolute Gasteiger partial charge is 0.279 e. The van der Waals surface area contributed by atoms with Gasteiger partial charge in [0.25, 0.3) is 5.56 Å². The number of nitrogens with one attached hydrogen (secondary N) is 1. The third-order valence-electron chi connectivity index (χ3n) is 4.09. The largest absolute Gasteiger partial charge is 0.497 e. The summed E-state index contributed by atoms with van der Waals surface area (Å²) in [7, 11) is 3.42. The van der Waals surface area contributed by atoms with Crippen molar-refractivity contribution in [3.05, 3.63) is 45.7 Å². The van der Waals surface area contributed by atoms with Gasteiger partial charge < -0.3 is 14.6 Å². The van der Waals surface area contributed by atoms with Crippen LogP contribution in [0.4, 0.5) is 5.82 Å². The van der Waals surface area contributed by atoms with Gasteiger partial charge in [0.1, 0.15) is 11.6 Å². The van der Waals surface area contributed by atoms with Gasteiger partial charge in [-0.15, -0.1) is 0 Å². The number of hydrogen-bond acceptors (Lipinski definition) is 5. The standard InChI is InChI=1S/C17H19N3O3S/c1-4-24-17-19-16(22)14-12(9-13(21)18-15(14)20(17)2)10-5-7-11(23-3)8-6-10/h5-8,12H,4,9H2,1-3H3,(H,18,21)/t12-/m0/s1. The highest BCUT2D eigenvalue weighted by atomic mass is 32.2. The van der Waals surface area contributed by atoms with Crippen LogP contribution in [-0.4, -0.2) is 28.3 Å². The van der Waals surface area contributed by atoms with E-state index in [1.54, 1.807) is 11.7 Å². The molecule has 1 aromatic carbocycles. The van der Waals surface area contributed by atoms with E-state index in [1.807, 2.05) is 38.2 Å². The molecule has 0 bridgehead atoms. The van der Waals surface area contributed by atoms with Crippen molar-refractivity contribution in [1.82, 2.24) is 9.55 Å². The molecule has 0 spiro atoms. The molecule has 0 radical (unpaired) electrons. The van der Waals surface area contributed by atoms with Crippen LogP contribution in [0.5, 0.6) is 5.75 Å². The van der Waals surface area contributed by atoms with Crippen molar-refractivity contribution < 1.29 is 9.53 Å². The fourth-order valence-electron chi connectivity index (χ4n) is 2.91. The molecule has 7 heteroatoms. The molecule has 6 nitrogen and oxygen atoms in total. The van der Waals surface area contributed by atoms with Gasteiger partial charge in [0.15, 0.2) is 5.16 Å². The average Bonchev–Trinajstić information content (AvgIpc) is 2.59. The zero-order valence-corrected chi connectivity index (χ0v) is 14.6. The molecule has 0 unspecified atom stereocenters. The number of hydrogen-bond donors (Lipinski definition) is 1. The first-order valence-electron chi connectivity index (χ1n) is 7.72. The summed E-state index contributed by atoms with van der Waals surface area (Å²) >= 11 is 1.48. The van der Waals surface area contributed by atoms with Crippen LogP contribution in [0, 0.1) is 0 Å². The molecule has 2 aromatic rings. The van der Waals surface area contributed by atoms with Gasteiger partial charge in [-0.25, -0.2) is 0 Å². The molecule has 1 aromatic heterocycles. The summed E-state index contributed by atoms with van der Waals surface area (Å²) in [5, 5.41) is 3.44. The Morgan fingerprint density at radius 3 is 2.67 bits per heavy atom. The van der Waals surface area contributed by atoms with Crippen LogP contribution in [0.1, 0.15) is 30.4 Å². The number of carbonyl (C=O) groups is 1. The maximum Gasteiger partial charge on any atom is 0.279 e. The van der Waals surface area contributed by atoms with Crippen LogP contribution in [0.15, 0.2) is 34.2 Å². The second kappa shape index (κ2) is 6.68. The molecule has 0 saturated carbocycles. The Kier molecular flexibility index (Phi) is 4.62. The highest BCUT2D eigenvalue weighted by Crippen LogP contribution is 2.36. The van der Waals surface area contributed by atoms with Crippen LogP contribution in [0.25, 0.3) is 0 Å². The third kappa shape index (κ3) is 2.91. The van der Waals surface area contributed by atoms with E-state index in [-0.39, 0.29) is 23.8 Å². The molecule has 1 aliphatic rings. The van der Waals surface area contributed by atoms with Gasteiger partial charge in [-0.3, -0.25) is 9.59 Å². The number of anilines is 1. The van der Waals surface area contributed by atoms with E-state index in [0.717, 1.165) is 17.1 Å². The Bertz CT molecular complexity index is 830. The number of fused-ring (bicyclic) bond motifs is 1. The molecule has 24 heavy (non-hydrogen) atoms. The van der Waals surface area contributed by atoms with Crippen molar-refractivity contribution >= 4 is 23.5 Å². The maximum absolute atomic E-state index is 12.6. The first-order valence-corrected chi connectivity index (χ1v) is 8.71. The molecule has 1 N–H and O–H groups in total. The van der Waals surface area contributed by atoms with Gasteiger partial charge in [-0.1, -0.05) is 30.8 Å². The highest BCUT2D eigenvalue weighted by molar-refractivity contribution is 7.99. The molecule has 1 aliphatic heterocycles. The molecule has 0 fully saturated rings. The van der Waals surface area contributed by atoms with E-state index < -0.39 is 0 Å². The van der Waals surface area contributed by atoms with E-state index in [0.29, 0.717) is 16.5 Å². The number of benzene rings is 1. The van der Waals surface area contributed by atoms with Crippen molar-refractivity contribution in [3.63, 3.8) is 0 Å². The fraction of sp³-hybridized carbons (Fsp3) is 0.353. The van der Waals surface area contributed by atoms with E-state index >= 15 is 0 Å². The number of thioether (sulfide) groups is 1. The van der Waals surface area contributed by atoms with E-state index in [2.05, 4.69) is 10.3 Å². The number of ether oxygens (including phenoxy) is 1. The van der Waals surface area contributed by atoms with Crippen molar-refractivity contribution in [2.45, 2.75) is 24.4 Å². The number of nitrogens with zero attached hydrogens (tertiary/aromatic N) is 2. The zero-order chi connectivity index (χ0) is 17.3. The average molecular weight is 345 g/mol. The van der Waals surface area contributed by atoms with Gasteiger partial charge >= 0.3 is 0 Å². The normalized spacial score (nSPS) is 16.5. The third-order valence-corrected chi connectivity index (χ3v) is 5.00. The Morgan fingerprint density at radius 2 is 2.04 bits per heavy atom. The second-order valence-corrected chi connectivity index (χ2v) is 6.76. The van der Waals surface area contributed by atoms with Gasteiger partial charge in [0, 0.05) is 19.4 Å². The predicted octanol–water partition coefficient (Wildman–Crippen LogP) is 2.38. The van der Waals surface area contributed by atoms with E-state index in [4.69, 9.17) is 4.74 Å². The summed E-state index contributed by atoms with van der Waals surface area (Å²) in [4.78, 5) is 29.0. The van der Waals surface area contributed by atoms with E-state index in [9.17, 15) is 9.59 Å². The topological polar surface area (TPSA) is 73.2 Å². The number of rotatable bonds is 4. The van der Waals surface area contributed by atoms with Crippen LogP contribution in [0.3, 0.4) is 0 Å². The van der Waals surface area contributed by atoms with Gasteiger partial charge in [-0.2, -0.15) is 4.98 Å². The van der Waals surface area contributed by atoms with Crippen molar-refractivity contribution in [2.24, 2.45) is 7.05 Å². The molecule has 3 rings (SSSR count). The minimum Gasteiger partial charge on any atom is -0.497 e. The van der Waals surface area contributed by atoms with Gasteiger partial charge in [0.2, 0.25) is 5.91 Å². The zero-order valence-electron chi connectivity index (χ0n) is 13.8. The first-order chi connectivity index (χ1) is 11.5. The van der Waals surface area contributed by atoms with E-state index in [1.165, 1.54) is 11.8 Å². The predicted molar refractivity (Wildman–Crippen MR) is 94.0 cm³/mol. The summed E-state index contributed by atoms with van der Waals surface area (Å²) in [6, 6.07) is 7.45. The Morgan fingerprint density at radius 1 is 1.33 bits per heavy atom. The number of aromatic nitrogens is 2. The molecule has 1 amide bonds. The maximum atomic E-state index is 12.6. The molecule has 2 heterocycles. The summed E-state index contributed by atoms with van der Waals surface area (Å²) in [6.07, 6.45) is 0.233. The molecule has 0 saturated heterocycles. The fourth-order valence-corrected chi connectivity index (χ4v) is 3.61. The Labute approximate surface area is 144 Å². The minimum atomic E-state index is -0.300. The van der Waals surface area contributed by atoms with Crippen LogP contribution in [0.2, 0.25) is 0 Å². The lowest BCUT2D eigenvalue weighted by molar-refractivity contribution is -0.116. The summed E-state index contributed by atoms with van der Waals surface area (Å²) < 4.78 is 6.96. The molecular weight excluding hydrogens is 326 g/mol. The monoisotopic (exact) mass is 345 g/mol. The number of amides is 1. The Hall–Kier alpha value is -2.28. The number of methoxy groups -OCH3 is 1. The molecule has 0 aliphatic carbocycles. The Balaban J connectivity index is 2.13. The lowest BCUT2D eigenvalue weighted by atomic mass is 9.87. The summed E-state index contributed by atoms with van der Waals surface area (Å²) in [5.74, 6) is 1.68. The van der Waals surface area contributed by atoms with Gasteiger partial charge in [-0.05, 0) is 23.4 Å².